The molecule has 2 rings (SSSR count). The summed E-state index contributed by atoms with van der Waals surface area (Å²) in [6.07, 6.45) is 3.22. The molecule has 0 saturated heterocycles. The van der Waals surface area contributed by atoms with Crippen LogP contribution in [0.4, 0.5) is 5.82 Å². The molecule has 0 spiro atoms. The molecule has 4 nitrogen and oxygen atoms in total. The first-order valence-corrected chi connectivity index (χ1v) is 7.93. The second kappa shape index (κ2) is 6.57. The lowest BCUT2D eigenvalue weighted by Crippen LogP contribution is -2.09. The zero-order chi connectivity index (χ0) is 13.8. The fourth-order valence-electron chi connectivity index (χ4n) is 1.92. The molecular weight excluding hydrogens is 258 g/mol. The van der Waals surface area contributed by atoms with Crippen molar-refractivity contribution in [1.29, 1.82) is 0 Å². The largest absolute Gasteiger partial charge is 0.396 e. The third-order valence-electron chi connectivity index (χ3n) is 3.25. The molecule has 0 radical (unpaired) electrons. The second-order valence-corrected chi connectivity index (χ2v) is 6.53. The highest BCUT2D eigenvalue weighted by atomic mass is 32.2. The Bertz CT molecular complexity index is 435. The molecule has 1 aromatic rings. The molecule has 0 aromatic carbocycles. The van der Waals surface area contributed by atoms with E-state index in [1.165, 1.54) is 12.8 Å². The van der Waals surface area contributed by atoms with Crippen LogP contribution >= 0.6 is 11.8 Å². The molecule has 5 heteroatoms. The van der Waals surface area contributed by atoms with E-state index in [-0.39, 0.29) is 6.61 Å². The lowest BCUT2D eigenvalue weighted by molar-refractivity contribution is 0.289. The fourth-order valence-corrected chi connectivity index (χ4v) is 2.95. The van der Waals surface area contributed by atoms with Crippen LogP contribution < -0.4 is 5.32 Å². The van der Waals surface area contributed by atoms with E-state index in [2.05, 4.69) is 31.1 Å². The first kappa shape index (κ1) is 14.6. The Morgan fingerprint density at radius 2 is 2.16 bits per heavy atom. The standard InChI is InChI=1S/C14H23N3OS/c1-4-15-12-10(3)14(19-9(2)7-8-18)17-13(16-12)11-5-6-11/h9,11,18H,4-8H2,1-3H3,(H,15,16,17). The smallest absolute Gasteiger partial charge is 0.135 e. The monoisotopic (exact) mass is 281 g/mol. The topological polar surface area (TPSA) is 58.0 Å². The molecule has 106 valence electrons. The number of thioether (sulfide) groups is 1. The summed E-state index contributed by atoms with van der Waals surface area (Å²) in [5.41, 5.74) is 1.13. The molecule has 2 N–H and O–H groups in total. The summed E-state index contributed by atoms with van der Waals surface area (Å²) in [5.74, 6) is 2.52. The average Bonchev–Trinajstić information content (AvgIpc) is 3.18. The summed E-state index contributed by atoms with van der Waals surface area (Å²) >= 11 is 1.74. The van der Waals surface area contributed by atoms with Crippen molar-refractivity contribution in [2.45, 2.75) is 56.2 Å². The van der Waals surface area contributed by atoms with Gasteiger partial charge in [0.25, 0.3) is 0 Å². The van der Waals surface area contributed by atoms with Crippen LogP contribution in [0.2, 0.25) is 0 Å². The minimum Gasteiger partial charge on any atom is -0.396 e. The van der Waals surface area contributed by atoms with Crippen molar-refractivity contribution in [3.63, 3.8) is 0 Å². The Morgan fingerprint density at radius 3 is 2.74 bits per heavy atom. The maximum absolute atomic E-state index is 9.02. The molecule has 19 heavy (non-hydrogen) atoms. The van der Waals surface area contributed by atoms with Crippen LogP contribution in [0, 0.1) is 6.92 Å². The Balaban J connectivity index is 2.23. The molecular formula is C14H23N3OS. The van der Waals surface area contributed by atoms with E-state index in [4.69, 9.17) is 10.1 Å². The van der Waals surface area contributed by atoms with Gasteiger partial charge in [0.05, 0.1) is 0 Å². The number of hydrogen-bond acceptors (Lipinski definition) is 5. The number of aliphatic hydroxyl groups is 1. The molecule has 1 heterocycles. The molecule has 1 aliphatic rings. The predicted octanol–water partition coefficient (Wildman–Crippen LogP) is 2.96. The molecule has 0 aliphatic heterocycles. The van der Waals surface area contributed by atoms with E-state index < -0.39 is 0 Å². The van der Waals surface area contributed by atoms with Crippen molar-refractivity contribution in [3.05, 3.63) is 11.4 Å². The van der Waals surface area contributed by atoms with Crippen LogP contribution in [-0.2, 0) is 0 Å². The van der Waals surface area contributed by atoms with Gasteiger partial charge in [-0.05, 0) is 33.1 Å². The van der Waals surface area contributed by atoms with E-state index in [9.17, 15) is 0 Å². The molecule has 1 fully saturated rings. The first-order valence-electron chi connectivity index (χ1n) is 7.05. The van der Waals surface area contributed by atoms with Gasteiger partial charge in [-0.15, -0.1) is 11.8 Å². The van der Waals surface area contributed by atoms with Crippen molar-refractivity contribution >= 4 is 17.6 Å². The van der Waals surface area contributed by atoms with Gasteiger partial charge in [-0.1, -0.05) is 6.92 Å². The Labute approximate surface area is 119 Å². The van der Waals surface area contributed by atoms with Gasteiger partial charge >= 0.3 is 0 Å². The van der Waals surface area contributed by atoms with Gasteiger partial charge in [-0.2, -0.15) is 0 Å². The molecule has 1 atom stereocenters. The van der Waals surface area contributed by atoms with Gasteiger partial charge in [0.1, 0.15) is 16.7 Å². The van der Waals surface area contributed by atoms with E-state index in [0.717, 1.165) is 35.2 Å². The normalized spacial score (nSPS) is 16.4. The minimum absolute atomic E-state index is 0.230. The summed E-state index contributed by atoms with van der Waals surface area (Å²) in [6, 6.07) is 0. The highest BCUT2D eigenvalue weighted by Crippen LogP contribution is 2.40. The van der Waals surface area contributed by atoms with Gasteiger partial charge in [0.15, 0.2) is 0 Å². The van der Waals surface area contributed by atoms with Crippen LogP contribution in [0.5, 0.6) is 0 Å². The fraction of sp³-hybridized carbons (Fsp3) is 0.714. The number of aliphatic hydroxyl groups excluding tert-OH is 1. The molecule has 1 saturated carbocycles. The maximum Gasteiger partial charge on any atom is 0.135 e. The molecule has 1 aromatic heterocycles. The highest BCUT2D eigenvalue weighted by Gasteiger charge is 2.28. The number of nitrogens with zero attached hydrogens (tertiary/aromatic N) is 2. The van der Waals surface area contributed by atoms with Crippen molar-refractivity contribution in [2.24, 2.45) is 0 Å². The van der Waals surface area contributed by atoms with Crippen molar-refractivity contribution in [2.75, 3.05) is 18.5 Å². The summed E-state index contributed by atoms with van der Waals surface area (Å²) in [6.45, 7) is 7.39. The number of rotatable bonds is 7. The summed E-state index contributed by atoms with van der Waals surface area (Å²) in [7, 11) is 0. The molecule has 1 unspecified atom stereocenters. The number of aromatic nitrogens is 2. The minimum atomic E-state index is 0.230. The average molecular weight is 281 g/mol. The zero-order valence-corrected chi connectivity index (χ0v) is 12.8. The third-order valence-corrected chi connectivity index (χ3v) is 4.51. The molecule has 1 aliphatic carbocycles. The van der Waals surface area contributed by atoms with Crippen LogP contribution in [0.25, 0.3) is 0 Å². The van der Waals surface area contributed by atoms with E-state index in [1.807, 2.05) is 0 Å². The number of hydrogen-bond donors (Lipinski definition) is 2. The van der Waals surface area contributed by atoms with E-state index >= 15 is 0 Å². The second-order valence-electron chi connectivity index (χ2n) is 5.11. The molecule has 0 amide bonds. The van der Waals surface area contributed by atoms with Crippen LogP contribution in [-0.4, -0.2) is 33.5 Å². The Morgan fingerprint density at radius 1 is 1.42 bits per heavy atom. The maximum atomic E-state index is 9.02. The Kier molecular flexibility index (Phi) is 5.05. The van der Waals surface area contributed by atoms with Gasteiger partial charge in [0.2, 0.25) is 0 Å². The number of nitrogens with one attached hydrogen (secondary N) is 1. The highest BCUT2D eigenvalue weighted by molar-refractivity contribution is 7.99. The van der Waals surface area contributed by atoms with Crippen molar-refractivity contribution < 1.29 is 5.11 Å². The van der Waals surface area contributed by atoms with Crippen LogP contribution in [0.3, 0.4) is 0 Å². The van der Waals surface area contributed by atoms with Crippen LogP contribution in [0.15, 0.2) is 5.03 Å². The van der Waals surface area contributed by atoms with E-state index in [0.29, 0.717) is 11.2 Å². The van der Waals surface area contributed by atoms with Crippen LogP contribution in [0.1, 0.15) is 50.4 Å². The molecule has 0 bridgehead atoms. The lowest BCUT2D eigenvalue weighted by Gasteiger charge is -2.15. The third kappa shape index (κ3) is 3.83. The summed E-state index contributed by atoms with van der Waals surface area (Å²) in [5, 5.41) is 13.8. The Hall–Kier alpha value is -0.810. The zero-order valence-electron chi connectivity index (χ0n) is 11.9. The van der Waals surface area contributed by atoms with Gasteiger partial charge in [0, 0.05) is 29.9 Å². The lowest BCUT2D eigenvalue weighted by atomic mass is 10.3. The van der Waals surface area contributed by atoms with Crippen molar-refractivity contribution in [1.82, 2.24) is 9.97 Å². The summed E-state index contributed by atoms with van der Waals surface area (Å²) in [4.78, 5) is 9.38. The number of anilines is 1. The SMILES string of the molecule is CCNc1nc(C2CC2)nc(SC(C)CCO)c1C. The first-order chi connectivity index (χ1) is 9.15. The van der Waals surface area contributed by atoms with Gasteiger partial charge in [-0.25, -0.2) is 9.97 Å². The predicted molar refractivity (Wildman–Crippen MR) is 79.9 cm³/mol. The summed E-state index contributed by atoms with van der Waals surface area (Å²) < 4.78 is 0. The van der Waals surface area contributed by atoms with Gasteiger partial charge in [-0.3, -0.25) is 0 Å². The van der Waals surface area contributed by atoms with Gasteiger partial charge < -0.3 is 10.4 Å². The van der Waals surface area contributed by atoms with E-state index in [1.54, 1.807) is 11.8 Å². The van der Waals surface area contributed by atoms with Crippen molar-refractivity contribution in [3.8, 4) is 0 Å². The quantitative estimate of drug-likeness (QED) is 0.594.